The molecule has 144 valence electrons. The third-order valence-electron chi connectivity index (χ3n) is 6.88. The van der Waals surface area contributed by atoms with Crippen molar-refractivity contribution in [2.75, 3.05) is 13.1 Å². The van der Waals surface area contributed by atoms with E-state index in [-0.39, 0.29) is 16.9 Å². The lowest BCUT2D eigenvalue weighted by Crippen LogP contribution is -2.46. The summed E-state index contributed by atoms with van der Waals surface area (Å²) >= 11 is 0. The van der Waals surface area contributed by atoms with Gasteiger partial charge in [-0.3, -0.25) is 9.69 Å². The fourth-order valence-electron chi connectivity index (χ4n) is 5.53. The van der Waals surface area contributed by atoms with Crippen molar-refractivity contribution in [2.45, 2.75) is 45.1 Å². The highest BCUT2D eigenvalue weighted by Gasteiger charge is 2.49. The second-order valence-corrected chi connectivity index (χ2v) is 8.90. The zero-order valence-corrected chi connectivity index (χ0v) is 16.7. The van der Waals surface area contributed by atoms with Gasteiger partial charge in [0, 0.05) is 12.5 Å². The van der Waals surface area contributed by atoms with Crippen molar-refractivity contribution < 1.29 is 4.42 Å². The second-order valence-electron chi connectivity index (χ2n) is 8.90. The number of likely N-dealkylation sites (tertiary alicyclic amines) is 1. The van der Waals surface area contributed by atoms with Crippen LogP contribution in [0.5, 0.6) is 0 Å². The highest BCUT2D eigenvalue weighted by atomic mass is 16.3. The fourth-order valence-corrected chi connectivity index (χ4v) is 5.53. The fraction of sp³-hybridized carbons (Fsp3) is 0.400. The molecule has 1 fully saturated rings. The van der Waals surface area contributed by atoms with Gasteiger partial charge >= 0.3 is 0 Å². The van der Waals surface area contributed by atoms with E-state index in [0.29, 0.717) is 16.9 Å². The van der Waals surface area contributed by atoms with Crippen LogP contribution in [0.3, 0.4) is 0 Å². The number of hydrogen-bond acceptors (Lipinski definition) is 3. The van der Waals surface area contributed by atoms with E-state index in [1.165, 1.54) is 18.4 Å². The van der Waals surface area contributed by atoms with E-state index in [1.54, 1.807) is 0 Å². The maximum atomic E-state index is 13.6. The van der Waals surface area contributed by atoms with Crippen LogP contribution >= 0.6 is 0 Å². The Morgan fingerprint density at radius 1 is 0.964 bits per heavy atom. The Labute approximate surface area is 166 Å². The predicted octanol–water partition coefficient (Wildman–Crippen LogP) is 5.30. The van der Waals surface area contributed by atoms with Crippen molar-refractivity contribution in [1.82, 2.24) is 4.90 Å². The smallest absolute Gasteiger partial charge is 0.197 e. The largest absolute Gasteiger partial charge is 0.460 e. The van der Waals surface area contributed by atoms with Crippen molar-refractivity contribution >= 4 is 11.0 Å². The Kier molecular flexibility index (Phi) is 4.17. The SMILES string of the molecule is CC1(C)[C@@H](N2CCCC2)c2c(oc3ccccc3c2=O)C[C@H]1c1ccccc1. The number of benzene rings is 2. The molecule has 3 aromatic rings. The molecule has 2 aromatic carbocycles. The van der Waals surface area contributed by atoms with Crippen LogP contribution in [0, 0.1) is 5.41 Å². The number of nitrogens with zero attached hydrogens (tertiary/aromatic N) is 1. The molecular formula is C25H27NO2. The van der Waals surface area contributed by atoms with Crippen LogP contribution in [0.4, 0.5) is 0 Å². The molecule has 0 spiro atoms. The summed E-state index contributed by atoms with van der Waals surface area (Å²) in [5.41, 5.74) is 3.04. The predicted molar refractivity (Wildman–Crippen MR) is 113 cm³/mol. The minimum Gasteiger partial charge on any atom is -0.460 e. The van der Waals surface area contributed by atoms with Gasteiger partial charge in [-0.1, -0.05) is 56.3 Å². The van der Waals surface area contributed by atoms with Crippen LogP contribution < -0.4 is 5.43 Å². The number of hydrogen-bond donors (Lipinski definition) is 0. The average Bonchev–Trinajstić information content (AvgIpc) is 3.23. The monoisotopic (exact) mass is 373 g/mol. The van der Waals surface area contributed by atoms with Gasteiger partial charge in [-0.05, 0) is 55.0 Å². The Morgan fingerprint density at radius 2 is 1.64 bits per heavy atom. The van der Waals surface area contributed by atoms with Gasteiger partial charge in [0.05, 0.1) is 10.9 Å². The van der Waals surface area contributed by atoms with Gasteiger partial charge in [-0.25, -0.2) is 0 Å². The Morgan fingerprint density at radius 3 is 2.39 bits per heavy atom. The van der Waals surface area contributed by atoms with Gasteiger partial charge in [0.25, 0.3) is 0 Å². The first kappa shape index (κ1) is 17.7. The quantitative estimate of drug-likeness (QED) is 0.611. The number of rotatable bonds is 2. The summed E-state index contributed by atoms with van der Waals surface area (Å²) in [6.45, 7) is 6.79. The average molecular weight is 373 g/mol. The molecule has 1 aliphatic heterocycles. The molecule has 28 heavy (non-hydrogen) atoms. The molecule has 0 unspecified atom stereocenters. The van der Waals surface area contributed by atoms with E-state index in [1.807, 2.05) is 24.3 Å². The summed E-state index contributed by atoms with van der Waals surface area (Å²) in [4.78, 5) is 16.1. The molecule has 3 heteroatoms. The topological polar surface area (TPSA) is 33.5 Å². The molecule has 5 rings (SSSR count). The summed E-state index contributed by atoms with van der Waals surface area (Å²) in [5, 5.41) is 0.708. The van der Waals surface area contributed by atoms with E-state index in [0.717, 1.165) is 30.8 Å². The van der Waals surface area contributed by atoms with E-state index in [9.17, 15) is 4.79 Å². The van der Waals surface area contributed by atoms with Crippen molar-refractivity contribution in [1.29, 1.82) is 0 Å². The summed E-state index contributed by atoms with van der Waals surface area (Å²) in [5.74, 6) is 1.20. The second kappa shape index (κ2) is 6.59. The zero-order valence-electron chi connectivity index (χ0n) is 16.7. The first-order chi connectivity index (χ1) is 13.6. The van der Waals surface area contributed by atoms with Crippen LogP contribution in [0.2, 0.25) is 0 Å². The molecule has 1 saturated heterocycles. The van der Waals surface area contributed by atoms with Crippen LogP contribution in [0.25, 0.3) is 11.0 Å². The Balaban J connectivity index is 1.76. The van der Waals surface area contributed by atoms with E-state index in [4.69, 9.17) is 4.42 Å². The van der Waals surface area contributed by atoms with Crippen molar-refractivity contribution in [3.8, 4) is 0 Å². The molecule has 1 aromatic heterocycles. The lowest BCUT2D eigenvalue weighted by molar-refractivity contribution is 0.0649. The third kappa shape index (κ3) is 2.64. The normalized spacial score (nSPS) is 24.4. The lowest BCUT2D eigenvalue weighted by Gasteiger charge is -2.49. The molecule has 3 nitrogen and oxygen atoms in total. The highest BCUT2D eigenvalue weighted by Crippen LogP contribution is 2.54. The maximum Gasteiger partial charge on any atom is 0.197 e. The molecule has 1 aliphatic carbocycles. The number of para-hydroxylation sites is 1. The zero-order chi connectivity index (χ0) is 19.3. The summed E-state index contributed by atoms with van der Waals surface area (Å²) < 4.78 is 6.37. The van der Waals surface area contributed by atoms with E-state index >= 15 is 0 Å². The first-order valence-electron chi connectivity index (χ1n) is 10.4. The Bertz CT molecular complexity index is 1060. The van der Waals surface area contributed by atoms with Gasteiger partial charge in [0.15, 0.2) is 5.43 Å². The van der Waals surface area contributed by atoms with Crippen LogP contribution in [0.1, 0.15) is 55.5 Å². The van der Waals surface area contributed by atoms with Crippen LogP contribution in [-0.2, 0) is 6.42 Å². The van der Waals surface area contributed by atoms with E-state index < -0.39 is 0 Å². The molecule has 0 radical (unpaired) electrons. The molecule has 0 amide bonds. The summed E-state index contributed by atoms with van der Waals surface area (Å²) in [6, 6.07) is 18.5. The van der Waals surface area contributed by atoms with Crippen molar-refractivity contribution in [3.63, 3.8) is 0 Å². The van der Waals surface area contributed by atoms with Gasteiger partial charge in [0.2, 0.25) is 0 Å². The minimum absolute atomic E-state index is 0.0597. The molecule has 0 bridgehead atoms. The molecule has 2 heterocycles. The third-order valence-corrected chi connectivity index (χ3v) is 6.88. The van der Waals surface area contributed by atoms with Crippen molar-refractivity contribution in [2.24, 2.45) is 5.41 Å². The minimum atomic E-state index is -0.0597. The molecular weight excluding hydrogens is 346 g/mol. The Hall–Kier alpha value is -2.39. The van der Waals surface area contributed by atoms with Gasteiger partial charge in [-0.15, -0.1) is 0 Å². The van der Waals surface area contributed by atoms with Crippen LogP contribution in [0.15, 0.2) is 63.8 Å². The molecule has 2 aliphatic rings. The number of fused-ring (bicyclic) bond motifs is 2. The first-order valence-corrected chi connectivity index (χ1v) is 10.4. The summed E-state index contributed by atoms with van der Waals surface area (Å²) in [6.07, 6.45) is 3.18. The van der Waals surface area contributed by atoms with E-state index in [2.05, 4.69) is 49.1 Å². The lowest BCUT2D eigenvalue weighted by atomic mass is 9.62. The van der Waals surface area contributed by atoms with Gasteiger partial charge in [-0.2, -0.15) is 0 Å². The molecule has 0 N–H and O–H groups in total. The molecule has 0 saturated carbocycles. The summed E-state index contributed by atoms with van der Waals surface area (Å²) in [7, 11) is 0. The highest BCUT2D eigenvalue weighted by molar-refractivity contribution is 5.77. The van der Waals surface area contributed by atoms with Gasteiger partial charge in [0.1, 0.15) is 11.3 Å². The standard InChI is InChI=1S/C25H27NO2/c1-25(2)19(17-10-4-3-5-11-17)16-21-22(24(25)26-14-8-9-15-26)23(27)18-12-6-7-13-20(18)28-21/h3-7,10-13,19,24H,8-9,14-16H2,1-2H3/t19-,24-/m0/s1. The van der Waals surface area contributed by atoms with Gasteiger partial charge < -0.3 is 4.42 Å². The van der Waals surface area contributed by atoms with Crippen LogP contribution in [-0.4, -0.2) is 18.0 Å². The molecule has 2 atom stereocenters. The maximum absolute atomic E-state index is 13.6. The van der Waals surface area contributed by atoms with Crippen molar-refractivity contribution in [3.05, 3.63) is 81.7 Å².